The molecule has 194 valence electrons. The molecule has 2 aromatic heterocycles. The van der Waals surface area contributed by atoms with Crippen LogP contribution >= 0.6 is 0 Å². The van der Waals surface area contributed by atoms with Gasteiger partial charge in [-0.3, -0.25) is 0 Å². The van der Waals surface area contributed by atoms with Gasteiger partial charge in [-0.2, -0.15) is 0 Å². The fourth-order valence-electron chi connectivity index (χ4n) is 7.65. The molecule has 1 aliphatic rings. The highest BCUT2D eigenvalue weighted by molar-refractivity contribution is 6.31. The fraction of sp³-hybridized carbons (Fsp3) is 0.0769. The number of para-hydroxylation sites is 4. The molecule has 0 bridgehead atoms. The lowest BCUT2D eigenvalue weighted by Gasteiger charge is -2.23. The normalized spacial score (nSPS) is 13.8. The van der Waals surface area contributed by atoms with Gasteiger partial charge in [0, 0.05) is 43.9 Å². The van der Waals surface area contributed by atoms with E-state index in [4.69, 9.17) is 0 Å². The van der Waals surface area contributed by atoms with Crippen molar-refractivity contribution in [1.82, 2.24) is 9.13 Å². The first-order valence-corrected chi connectivity index (χ1v) is 14.4. The lowest BCUT2D eigenvalue weighted by molar-refractivity contribution is 0.667. The van der Waals surface area contributed by atoms with Gasteiger partial charge in [0.2, 0.25) is 0 Å². The molecule has 0 unspecified atom stereocenters. The zero-order valence-corrected chi connectivity index (χ0v) is 23.1. The molecule has 8 aromatic rings. The number of nitrogens with zero attached hydrogens (tertiary/aromatic N) is 2. The van der Waals surface area contributed by atoms with Crippen LogP contribution in [0.25, 0.3) is 66.1 Å². The summed E-state index contributed by atoms with van der Waals surface area (Å²) >= 11 is 0. The van der Waals surface area contributed by atoms with Crippen molar-refractivity contribution in [1.29, 1.82) is 0 Å². The monoisotopic (exact) mass is 524 g/mol. The molecule has 2 heteroatoms. The molecule has 0 N–H and O–H groups in total. The quantitative estimate of drug-likeness (QED) is 0.213. The van der Waals surface area contributed by atoms with E-state index in [-0.39, 0.29) is 5.41 Å². The smallest absolute Gasteiger partial charge is 0.0644 e. The van der Waals surface area contributed by atoms with E-state index in [1.807, 2.05) is 0 Å². The van der Waals surface area contributed by atoms with Crippen molar-refractivity contribution < 1.29 is 0 Å². The molecule has 0 amide bonds. The highest BCUT2D eigenvalue weighted by atomic mass is 15.0. The van der Waals surface area contributed by atoms with Gasteiger partial charge in [0.05, 0.1) is 22.1 Å². The largest absolute Gasteiger partial charge is 0.309 e. The predicted octanol–water partition coefficient (Wildman–Crippen LogP) is 10.2. The van der Waals surface area contributed by atoms with Crippen LogP contribution in [0.4, 0.5) is 0 Å². The first kappa shape index (κ1) is 22.7. The van der Waals surface area contributed by atoms with Crippen LogP contribution in [0.3, 0.4) is 0 Å². The SMILES string of the molecule is CC1(C)c2ccccc2-c2c1c1c3ccccc3n(-c3ccccc3)c1c1c3ccccc3n(-c3ccccc3)c21. The van der Waals surface area contributed by atoms with Gasteiger partial charge in [0.15, 0.2) is 0 Å². The Balaban J connectivity index is 1.68. The second-order valence-electron chi connectivity index (χ2n) is 11.7. The molecule has 0 saturated heterocycles. The Hall–Kier alpha value is -5.08. The molecule has 0 aliphatic heterocycles. The molecule has 9 rings (SSSR count). The van der Waals surface area contributed by atoms with Gasteiger partial charge in [-0.25, -0.2) is 0 Å². The maximum Gasteiger partial charge on any atom is 0.0644 e. The van der Waals surface area contributed by atoms with Gasteiger partial charge in [-0.1, -0.05) is 111 Å². The molecule has 1 aliphatic carbocycles. The average molecular weight is 525 g/mol. The summed E-state index contributed by atoms with van der Waals surface area (Å²) in [6.07, 6.45) is 0. The Bertz CT molecular complexity index is 2320. The van der Waals surface area contributed by atoms with Crippen LogP contribution in [0.1, 0.15) is 25.0 Å². The number of hydrogen-bond donors (Lipinski definition) is 0. The Labute approximate surface area is 238 Å². The van der Waals surface area contributed by atoms with Crippen molar-refractivity contribution in [3.05, 3.63) is 145 Å². The predicted molar refractivity (Wildman–Crippen MR) is 173 cm³/mol. The lowest BCUT2D eigenvalue weighted by Crippen LogP contribution is -2.15. The van der Waals surface area contributed by atoms with E-state index in [1.165, 1.54) is 77.2 Å². The Morgan fingerprint density at radius 2 is 0.951 bits per heavy atom. The van der Waals surface area contributed by atoms with Gasteiger partial charge in [-0.15, -0.1) is 0 Å². The van der Waals surface area contributed by atoms with E-state index >= 15 is 0 Å². The van der Waals surface area contributed by atoms with Crippen molar-refractivity contribution in [2.24, 2.45) is 0 Å². The average Bonchev–Trinajstić information content (AvgIpc) is 3.62. The van der Waals surface area contributed by atoms with Crippen molar-refractivity contribution in [2.75, 3.05) is 0 Å². The van der Waals surface area contributed by atoms with E-state index in [9.17, 15) is 0 Å². The maximum atomic E-state index is 2.51. The molecule has 0 saturated carbocycles. The molecular formula is C39H28N2. The van der Waals surface area contributed by atoms with Crippen LogP contribution < -0.4 is 0 Å². The molecule has 0 radical (unpaired) electrons. The van der Waals surface area contributed by atoms with Gasteiger partial charge in [0.25, 0.3) is 0 Å². The van der Waals surface area contributed by atoms with Gasteiger partial charge < -0.3 is 9.13 Å². The molecule has 41 heavy (non-hydrogen) atoms. The first-order valence-electron chi connectivity index (χ1n) is 14.4. The molecule has 2 heterocycles. The van der Waals surface area contributed by atoms with E-state index in [0.717, 1.165) is 0 Å². The van der Waals surface area contributed by atoms with E-state index in [2.05, 4.69) is 156 Å². The topological polar surface area (TPSA) is 9.86 Å². The highest BCUT2D eigenvalue weighted by Crippen LogP contribution is 2.58. The van der Waals surface area contributed by atoms with Crippen LogP contribution in [-0.4, -0.2) is 9.13 Å². The summed E-state index contributed by atoms with van der Waals surface area (Å²) in [5.41, 5.74) is 12.8. The van der Waals surface area contributed by atoms with Crippen molar-refractivity contribution >= 4 is 43.6 Å². The van der Waals surface area contributed by atoms with Crippen LogP contribution in [0.2, 0.25) is 0 Å². The van der Waals surface area contributed by atoms with Crippen molar-refractivity contribution in [2.45, 2.75) is 19.3 Å². The van der Waals surface area contributed by atoms with E-state index < -0.39 is 0 Å². The van der Waals surface area contributed by atoms with Gasteiger partial charge >= 0.3 is 0 Å². The van der Waals surface area contributed by atoms with Crippen LogP contribution in [0, 0.1) is 0 Å². The summed E-state index contributed by atoms with van der Waals surface area (Å²) in [7, 11) is 0. The number of fused-ring (bicyclic) bond motifs is 12. The molecular weight excluding hydrogens is 496 g/mol. The summed E-state index contributed by atoms with van der Waals surface area (Å²) < 4.78 is 5.02. The van der Waals surface area contributed by atoms with E-state index in [1.54, 1.807) is 0 Å². The third kappa shape index (κ3) is 2.82. The van der Waals surface area contributed by atoms with Crippen LogP contribution in [0.15, 0.2) is 133 Å². The summed E-state index contributed by atoms with van der Waals surface area (Å²) in [4.78, 5) is 0. The number of hydrogen-bond acceptors (Lipinski definition) is 0. The summed E-state index contributed by atoms with van der Waals surface area (Å²) in [5.74, 6) is 0. The lowest BCUT2D eigenvalue weighted by atomic mass is 9.80. The molecule has 2 nitrogen and oxygen atoms in total. The van der Waals surface area contributed by atoms with E-state index in [0.29, 0.717) is 0 Å². The Morgan fingerprint density at radius 3 is 1.59 bits per heavy atom. The summed E-state index contributed by atoms with van der Waals surface area (Å²) in [5, 5.41) is 5.26. The van der Waals surface area contributed by atoms with Crippen LogP contribution in [-0.2, 0) is 5.41 Å². The van der Waals surface area contributed by atoms with Gasteiger partial charge in [-0.05, 0) is 53.1 Å². The standard InChI is InChI=1S/C39H28N2/c1-39(2)30-22-12-9-19-27(30)33-36(39)34-28-20-10-13-23-31(28)40(25-15-5-3-6-16-25)38(34)35-29-21-11-14-24-32(29)41(37(33)35)26-17-7-4-8-18-26/h3-24H,1-2H3. The Kier molecular flexibility index (Phi) is 4.42. The fourth-order valence-corrected chi connectivity index (χ4v) is 7.65. The zero-order chi connectivity index (χ0) is 27.3. The molecule has 0 atom stereocenters. The number of aromatic nitrogens is 2. The minimum absolute atomic E-state index is 0.165. The minimum Gasteiger partial charge on any atom is -0.309 e. The second-order valence-corrected chi connectivity index (χ2v) is 11.7. The first-order chi connectivity index (χ1) is 20.2. The highest BCUT2D eigenvalue weighted by Gasteiger charge is 2.41. The second kappa shape index (κ2) is 7.99. The number of rotatable bonds is 2. The third-order valence-corrected chi connectivity index (χ3v) is 9.25. The third-order valence-electron chi connectivity index (χ3n) is 9.25. The summed E-state index contributed by atoms with van der Waals surface area (Å²) in [6.45, 7) is 4.82. The zero-order valence-electron chi connectivity index (χ0n) is 23.1. The molecule has 6 aromatic carbocycles. The van der Waals surface area contributed by atoms with Crippen molar-refractivity contribution in [3.8, 4) is 22.5 Å². The summed E-state index contributed by atoms with van der Waals surface area (Å²) in [6, 6.07) is 48.7. The maximum absolute atomic E-state index is 2.51. The Morgan fingerprint density at radius 1 is 0.463 bits per heavy atom. The van der Waals surface area contributed by atoms with Crippen LogP contribution in [0.5, 0.6) is 0 Å². The molecule has 0 spiro atoms. The molecule has 0 fully saturated rings. The minimum atomic E-state index is -0.165. The number of benzene rings is 6. The van der Waals surface area contributed by atoms with Crippen molar-refractivity contribution in [3.63, 3.8) is 0 Å². The van der Waals surface area contributed by atoms with Gasteiger partial charge in [0.1, 0.15) is 0 Å².